The van der Waals surface area contributed by atoms with Gasteiger partial charge in [0.1, 0.15) is 0 Å². The minimum absolute atomic E-state index is 0.848. The van der Waals surface area contributed by atoms with Crippen molar-refractivity contribution in [2.45, 2.75) is 38.1 Å². The quantitative estimate of drug-likeness (QED) is 0.652. The second-order valence-corrected chi connectivity index (χ2v) is 6.99. The summed E-state index contributed by atoms with van der Waals surface area (Å²) in [6, 6.07) is 0.848. The lowest BCUT2D eigenvalue weighted by Crippen LogP contribution is -2.53. The van der Waals surface area contributed by atoms with Crippen LogP contribution in [-0.4, -0.2) is 47.4 Å². The molecule has 1 aliphatic rings. The van der Waals surface area contributed by atoms with E-state index in [0.717, 1.165) is 6.04 Å². The first-order valence-corrected chi connectivity index (χ1v) is 7.79. The van der Waals surface area contributed by atoms with Crippen LogP contribution in [-0.2, 0) is 0 Å². The van der Waals surface area contributed by atoms with Gasteiger partial charge in [-0.2, -0.15) is 0 Å². The fourth-order valence-electron chi connectivity index (χ4n) is 2.29. The highest BCUT2D eigenvalue weighted by molar-refractivity contribution is 6.53. The molecule has 0 bridgehead atoms. The molecule has 0 unspecified atom stereocenters. The number of hydrogen-bond acceptors (Lipinski definition) is 3. The largest absolute Gasteiger partial charge is 0.330 e. The van der Waals surface area contributed by atoms with Gasteiger partial charge in [0, 0.05) is 12.2 Å². The molecule has 0 aromatic carbocycles. The van der Waals surface area contributed by atoms with Crippen molar-refractivity contribution in [2.75, 3.05) is 27.3 Å². The van der Waals surface area contributed by atoms with Crippen LogP contribution in [0.1, 0.15) is 32.1 Å². The summed E-state index contributed by atoms with van der Waals surface area (Å²) in [4.78, 5) is 9.37. The van der Waals surface area contributed by atoms with Gasteiger partial charge < -0.3 is 14.9 Å². The first kappa shape index (κ1) is 12.2. The topological polar surface area (TPSA) is 27.3 Å². The average molecular weight is 215 g/mol. The van der Waals surface area contributed by atoms with Crippen molar-refractivity contribution >= 4 is 9.12 Å². The Hall–Kier alpha value is 0.0969. The van der Waals surface area contributed by atoms with Crippen LogP contribution in [0.4, 0.5) is 0 Å². The molecular weight excluding hydrogens is 190 g/mol. The molecular formula is C10H25N3Si. The highest BCUT2D eigenvalue weighted by atomic mass is 28.3. The lowest BCUT2D eigenvalue weighted by atomic mass is 9.95. The molecule has 2 N–H and O–H groups in total. The highest BCUT2D eigenvalue weighted by Crippen LogP contribution is 2.21. The van der Waals surface area contributed by atoms with E-state index in [9.17, 15) is 0 Å². The van der Waals surface area contributed by atoms with Gasteiger partial charge in [-0.25, -0.2) is 0 Å². The van der Waals surface area contributed by atoms with Crippen molar-refractivity contribution in [3.8, 4) is 0 Å². The van der Waals surface area contributed by atoms with Gasteiger partial charge in [0.15, 0.2) is 9.12 Å². The maximum Gasteiger partial charge on any atom is 0.198 e. The first-order valence-electron chi connectivity index (χ1n) is 5.82. The van der Waals surface area contributed by atoms with E-state index in [1.165, 1.54) is 38.3 Å². The number of nitrogens with zero attached hydrogens (tertiary/aromatic N) is 1. The van der Waals surface area contributed by atoms with Crippen molar-refractivity contribution in [3.05, 3.63) is 0 Å². The summed E-state index contributed by atoms with van der Waals surface area (Å²) in [6.07, 6.45) is 8.36. The van der Waals surface area contributed by atoms with E-state index in [0.29, 0.717) is 0 Å². The number of rotatable bonds is 5. The molecule has 1 fully saturated rings. The molecule has 0 heterocycles. The summed E-state index contributed by atoms with van der Waals surface area (Å²) < 4.78 is 0. The van der Waals surface area contributed by atoms with Crippen LogP contribution in [0.25, 0.3) is 0 Å². The Bertz CT molecular complexity index is 144. The van der Waals surface area contributed by atoms with Crippen LogP contribution in [0, 0.1) is 0 Å². The summed E-state index contributed by atoms with van der Waals surface area (Å²) >= 11 is 0. The van der Waals surface area contributed by atoms with Crippen molar-refractivity contribution in [3.63, 3.8) is 0 Å². The van der Waals surface area contributed by atoms with Crippen molar-refractivity contribution in [2.24, 2.45) is 0 Å². The molecule has 14 heavy (non-hydrogen) atoms. The minimum atomic E-state index is -0.895. The Morgan fingerprint density at radius 2 is 1.71 bits per heavy atom. The molecule has 0 aliphatic heterocycles. The zero-order valence-electron chi connectivity index (χ0n) is 9.84. The van der Waals surface area contributed by atoms with Gasteiger partial charge in [-0.1, -0.05) is 19.3 Å². The van der Waals surface area contributed by atoms with Crippen LogP contribution in [0.15, 0.2) is 0 Å². The number of nitrogens with one attached hydrogen (secondary N) is 2. The van der Waals surface area contributed by atoms with Crippen LogP contribution in [0.2, 0.25) is 0 Å². The monoisotopic (exact) mass is 215 g/mol. The van der Waals surface area contributed by atoms with Gasteiger partial charge in [-0.15, -0.1) is 0 Å². The number of hydrogen-bond donors (Lipinski definition) is 2. The Kier molecular flexibility index (Phi) is 5.70. The van der Waals surface area contributed by atoms with E-state index >= 15 is 0 Å². The van der Waals surface area contributed by atoms with E-state index in [1.807, 2.05) is 0 Å². The summed E-state index contributed by atoms with van der Waals surface area (Å²) in [5, 5.41) is 0. The SMILES string of the molecule is CN[SiH](CN(C)C1CCCCC1)NC. The smallest absolute Gasteiger partial charge is 0.198 e. The van der Waals surface area contributed by atoms with Crippen LogP contribution >= 0.6 is 0 Å². The molecule has 0 amide bonds. The minimum Gasteiger partial charge on any atom is -0.330 e. The molecule has 0 aromatic rings. The molecule has 0 atom stereocenters. The second kappa shape index (κ2) is 6.56. The molecule has 1 saturated carbocycles. The standard InChI is InChI=1S/C10H25N3Si/c1-11-14(12-2)9-13(3)10-7-5-4-6-8-10/h10-12,14H,4-9H2,1-3H3. The lowest BCUT2D eigenvalue weighted by molar-refractivity contribution is 0.215. The van der Waals surface area contributed by atoms with E-state index in [4.69, 9.17) is 0 Å². The van der Waals surface area contributed by atoms with Crippen molar-refractivity contribution in [1.82, 2.24) is 14.9 Å². The maximum atomic E-state index is 3.41. The lowest BCUT2D eigenvalue weighted by Gasteiger charge is -2.33. The van der Waals surface area contributed by atoms with Gasteiger partial charge in [-0.3, -0.25) is 0 Å². The van der Waals surface area contributed by atoms with Crippen LogP contribution < -0.4 is 9.96 Å². The van der Waals surface area contributed by atoms with Crippen LogP contribution in [0.5, 0.6) is 0 Å². The Morgan fingerprint density at radius 1 is 1.14 bits per heavy atom. The predicted octanol–water partition coefficient (Wildman–Crippen LogP) is 0.449. The van der Waals surface area contributed by atoms with E-state index in [2.05, 4.69) is 36.0 Å². The molecule has 0 saturated heterocycles. The van der Waals surface area contributed by atoms with Crippen molar-refractivity contribution in [1.29, 1.82) is 0 Å². The van der Waals surface area contributed by atoms with Crippen LogP contribution in [0.3, 0.4) is 0 Å². The average Bonchev–Trinajstić information content (AvgIpc) is 2.26. The first-order chi connectivity index (χ1) is 6.77. The maximum absolute atomic E-state index is 3.41. The predicted molar refractivity (Wildman–Crippen MR) is 64.8 cm³/mol. The van der Waals surface area contributed by atoms with Gasteiger partial charge >= 0.3 is 0 Å². The third-order valence-corrected chi connectivity index (χ3v) is 5.70. The Balaban J connectivity index is 2.27. The molecule has 0 aromatic heterocycles. The molecule has 3 nitrogen and oxygen atoms in total. The van der Waals surface area contributed by atoms with E-state index < -0.39 is 9.12 Å². The molecule has 1 aliphatic carbocycles. The summed E-state index contributed by atoms with van der Waals surface area (Å²) in [5.74, 6) is 0. The summed E-state index contributed by atoms with van der Waals surface area (Å²) in [5.41, 5.74) is 0. The fraction of sp³-hybridized carbons (Fsp3) is 1.00. The Labute approximate surface area is 90.0 Å². The highest BCUT2D eigenvalue weighted by Gasteiger charge is 2.20. The van der Waals surface area contributed by atoms with E-state index in [-0.39, 0.29) is 0 Å². The molecule has 0 radical (unpaired) electrons. The second-order valence-electron chi connectivity index (χ2n) is 4.36. The molecule has 1 rings (SSSR count). The third kappa shape index (κ3) is 3.69. The van der Waals surface area contributed by atoms with Gasteiger partial charge in [0.2, 0.25) is 0 Å². The van der Waals surface area contributed by atoms with Gasteiger partial charge in [0.05, 0.1) is 0 Å². The molecule has 84 valence electrons. The third-order valence-electron chi connectivity index (χ3n) is 3.37. The zero-order chi connectivity index (χ0) is 10.4. The molecule has 0 spiro atoms. The van der Waals surface area contributed by atoms with E-state index in [1.54, 1.807) is 0 Å². The molecule has 4 heteroatoms. The normalized spacial score (nSPS) is 19.5. The Morgan fingerprint density at radius 3 is 2.21 bits per heavy atom. The van der Waals surface area contributed by atoms with Gasteiger partial charge in [-0.05, 0) is 34.0 Å². The zero-order valence-corrected chi connectivity index (χ0v) is 11.0. The fourth-order valence-corrected chi connectivity index (χ4v) is 3.81. The van der Waals surface area contributed by atoms with Gasteiger partial charge in [0.25, 0.3) is 0 Å². The van der Waals surface area contributed by atoms with Crippen molar-refractivity contribution < 1.29 is 0 Å². The summed E-state index contributed by atoms with van der Waals surface area (Å²) in [7, 11) is 5.53. The summed E-state index contributed by atoms with van der Waals surface area (Å²) in [6.45, 7) is 0.